The Kier molecular flexibility index (Phi) is 9.85. The van der Waals surface area contributed by atoms with Gasteiger partial charge >= 0.3 is 30.4 Å². The Morgan fingerprint density at radius 1 is 0.556 bits per heavy atom. The van der Waals surface area contributed by atoms with Crippen LogP contribution in [0.2, 0.25) is 0 Å². The molecule has 12 nitrogen and oxygen atoms in total. The van der Waals surface area contributed by atoms with Gasteiger partial charge in [0, 0.05) is 5.56 Å². The van der Waals surface area contributed by atoms with Crippen molar-refractivity contribution >= 4 is 30.4 Å². The minimum absolute atomic E-state index is 0.0300. The van der Waals surface area contributed by atoms with Crippen molar-refractivity contribution in [2.24, 2.45) is 0 Å². The van der Waals surface area contributed by atoms with Gasteiger partial charge in [0.15, 0.2) is 23.0 Å². The quantitative estimate of drug-likeness (QED) is 0.181. The average Bonchev–Trinajstić information content (AvgIpc) is 2.94. The van der Waals surface area contributed by atoms with Crippen LogP contribution < -0.4 is 26.8 Å². The highest BCUT2D eigenvalue weighted by molar-refractivity contribution is 7.86. The van der Waals surface area contributed by atoms with E-state index in [9.17, 15) is 25.3 Å². The molecule has 240 valence electrons. The summed E-state index contributed by atoms with van der Waals surface area (Å²) in [6.45, 7) is 0.131. The van der Waals surface area contributed by atoms with Gasteiger partial charge in [0.05, 0.1) is 38.6 Å². The van der Waals surface area contributed by atoms with Gasteiger partial charge in [0.2, 0.25) is 0 Å². The maximum Gasteiger partial charge on any atom is 0.306 e. The van der Waals surface area contributed by atoms with E-state index in [0.29, 0.717) is 11.1 Å². The Bertz CT molecular complexity index is 2010. The first-order valence-electron chi connectivity index (χ1n) is 13.0. The average molecular weight is 679 g/mol. The van der Waals surface area contributed by atoms with E-state index in [0.717, 1.165) is 24.3 Å². The molecule has 0 heterocycles. The molecule has 0 amide bonds. The summed E-state index contributed by atoms with van der Waals surface area (Å²) in [5, 5.41) is 0. The number of rotatable bonds is 13. The molecule has 0 saturated carbocycles. The standard InChI is InChI=1S/C30H30O12S3/c1-37-27-18-24(22-13-16-25(26(17-22)41-44(4,33)34)39-19-20-9-7-6-8-10-20)29(38-2)30(42-45(5,35)36)28(27)21-11-14-23(15-12-21)40-43(3,31)32/h6-18H,19H2,1-5H3. The van der Waals surface area contributed by atoms with Crippen LogP contribution in [0.25, 0.3) is 22.3 Å². The molecule has 0 fully saturated rings. The second-order valence-electron chi connectivity index (χ2n) is 9.69. The first-order chi connectivity index (χ1) is 21.1. The topological polar surface area (TPSA) is 158 Å². The second-order valence-corrected chi connectivity index (χ2v) is 14.4. The summed E-state index contributed by atoms with van der Waals surface area (Å²) in [5.41, 5.74) is 2.00. The zero-order valence-corrected chi connectivity index (χ0v) is 27.3. The summed E-state index contributed by atoms with van der Waals surface area (Å²) in [7, 11) is -9.24. The maximum absolute atomic E-state index is 12.4. The molecule has 4 aromatic rings. The number of ether oxygens (including phenoxy) is 3. The van der Waals surface area contributed by atoms with Crippen LogP contribution in [0.3, 0.4) is 0 Å². The molecule has 0 bridgehead atoms. The van der Waals surface area contributed by atoms with Crippen molar-refractivity contribution in [2.45, 2.75) is 6.61 Å². The summed E-state index contributed by atoms with van der Waals surface area (Å²) in [4.78, 5) is 0. The lowest BCUT2D eigenvalue weighted by molar-refractivity contribution is 0.296. The van der Waals surface area contributed by atoms with Crippen LogP contribution in [0.1, 0.15) is 5.56 Å². The number of benzene rings is 4. The van der Waals surface area contributed by atoms with E-state index in [1.165, 1.54) is 50.6 Å². The predicted octanol–water partition coefficient (Wildman–Crippen LogP) is 4.63. The van der Waals surface area contributed by atoms with Crippen LogP contribution in [-0.2, 0) is 37.0 Å². The molecule has 0 aliphatic heterocycles. The highest BCUT2D eigenvalue weighted by Gasteiger charge is 2.27. The Balaban J connectivity index is 1.90. The van der Waals surface area contributed by atoms with E-state index in [4.69, 9.17) is 26.8 Å². The number of hydrogen-bond acceptors (Lipinski definition) is 12. The first kappa shape index (κ1) is 33.4. The van der Waals surface area contributed by atoms with Gasteiger partial charge in [0.25, 0.3) is 0 Å². The molecule has 0 spiro atoms. The highest BCUT2D eigenvalue weighted by atomic mass is 32.2. The molecule has 4 rings (SSSR count). The summed E-state index contributed by atoms with van der Waals surface area (Å²) in [5.74, 6) is -0.0710. The minimum atomic E-state index is -4.13. The van der Waals surface area contributed by atoms with Gasteiger partial charge in [-0.2, -0.15) is 25.3 Å². The minimum Gasteiger partial charge on any atom is -0.496 e. The molecular weight excluding hydrogens is 649 g/mol. The van der Waals surface area contributed by atoms with E-state index in [-0.39, 0.29) is 52.2 Å². The molecule has 0 atom stereocenters. The zero-order valence-electron chi connectivity index (χ0n) is 24.8. The van der Waals surface area contributed by atoms with Gasteiger partial charge in [-0.3, -0.25) is 0 Å². The predicted molar refractivity (Wildman–Crippen MR) is 168 cm³/mol. The Morgan fingerprint density at radius 2 is 1.16 bits per heavy atom. The van der Waals surface area contributed by atoms with Crippen molar-refractivity contribution in [2.75, 3.05) is 33.0 Å². The van der Waals surface area contributed by atoms with Crippen LogP contribution >= 0.6 is 0 Å². The fourth-order valence-electron chi connectivity index (χ4n) is 4.31. The molecule has 4 aromatic carbocycles. The number of methoxy groups -OCH3 is 2. The van der Waals surface area contributed by atoms with Gasteiger partial charge in [0.1, 0.15) is 18.1 Å². The monoisotopic (exact) mass is 678 g/mol. The summed E-state index contributed by atoms with van der Waals surface area (Å²) < 4.78 is 105. The fraction of sp³-hybridized carbons (Fsp3) is 0.200. The van der Waals surface area contributed by atoms with Crippen molar-refractivity contribution in [3.8, 4) is 56.8 Å². The van der Waals surface area contributed by atoms with Crippen LogP contribution in [-0.4, -0.2) is 58.2 Å². The largest absolute Gasteiger partial charge is 0.496 e. The van der Waals surface area contributed by atoms with Crippen molar-refractivity contribution < 1.29 is 52.0 Å². The molecule has 0 aromatic heterocycles. The molecule has 15 heteroatoms. The lowest BCUT2D eigenvalue weighted by atomic mass is 9.96. The summed E-state index contributed by atoms with van der Waals surface area (Å²) in [6.07, 6.45) is 2.65. The van der Waals surface area contributed by atoms with E-state index in [2.05, 4.69) is 0 Å². The zero-order chi connectivity index (χ0) is 33.0. The molecule has 0 aliphatic rings. The lowest BCUT2D eigenvalue weighted by Crippen LogP contribution is -2.10. The Labute approximate surface area is 262 Å². The third-order valence-electron chi connectivity index (χ3n) is 5.98. The normalized spacial score (nSPS) is 11.8. The SMILES string of the molecule is COc1cc(-c2ccc(OCc3ccccc3)c(OS(C)(=O)=O)c2)c(OC)c(OS(C)(=O)=O)c1-c1ccc(OS(C)(=O)=O)cc1. The van der Waals surface area contributed by atoms with Crippen LogP contribution in [0, 0.1) is 0 Å². The second kappa shape index (κ2) is 13.3. The van der Waals surface area contributed by atoms with E-state index >= 15 is 0 Å². The van der Waals surface area contributed by atoms with Crippen LogP contribution in [0.15, 0.2) is 78.9 Å². The van der Waals surface area contributed by atoms with Gasteiger partial charge in [-0.05, 0) is 47.0 Å². The van der Waals surface area contributed by atoms with Crippen LogP contribution in [0.4, 0.5) is 0 Å². The smallest absolute Gasteiger partial charge is 0.306 e. The summed E-state index contributed by atoms with van der Waals surface area (Å²) >= 11 is 0. The Hall–Kier alpha value is -4.47. The maximum atomic E-state index is 12.4. The van der Waals surface area contributed by atoms with Gasteiger partial charge in [-0.25, -0.2) is 0 Å². The van der Waals surface area contributed by atoms with Gasteiger partial charge in [-0.1, -0.05) is 48.5 Å². The molecule has 0 aliphatic carbocycles. The van der Waals surface area contributed by atoms with E-state index in [1.54, 1.807) is 12.1 Å². The van der Waals surface area contributed by atoms with E-state index in [1.807, 2.05) is 30.3 Å². The third kappa shape index (κ3) is 9.03. The Morgan fingerprint density at radius 3 is 1.71 bits per heavy atom. The van der Waals surface area contributed by atoms with Crippen LogP contribution in [0.5, 0.6) is 34.5 Å². The fourth-order valence-corrected chi connectivity index (χ4v) is 5.69. The molecule has 0 saturated heterocycles. The van der Waals surface area contributed by atoms with Crippen molar-refractivity contribution in [3.63, 3.8) is 0 Å². The lowest BCUT2D eigenvalue weighted by Gasteiger charge is -2.21. The third-order valence-corrected chi connectivity index (χ3v) is 7.43. The summed E-state index contributed by atoms with van der Waals surface area (Å²) in [6, 6.07) is 21.0. The van der Waals surface area contributed by atoms with Crippen molar-refractivity contribution in [3.05, 3.63) is 84.4 Å². The molecule has 0 unspecified atom stereocenters. The molecule has 45 heavy (non-hydrogen) atoms. The van der Waals surface area contributed by atoms with Crippen molar-refractivity contribution in [1.29, 1.82) is 0 Å². The van der Waals surface area contributed by atoms with Gasteiger partial charge in [-0.15, -0.1) is 0 Å². The highest BCUT2D eigenvalue weighted by Crippen LogP contribution is 2.51. The van der Waals surface area contributed by atoms with Crippen molar-refractivity contribution in [1.82, 2.24) is 0 Å². The molecular formula is C30H30O12S3. The van der Waals surface area contributed by atoms with Gasteiger partial charge < -0.3 is 26.8 Å². The van der Waals surface area contributed by atoms with E-state index < -0.39 is 30.4 Å². The number of hydrogen-bond donors (Lipinski definition) is 0. The molecule has 0 radical (unpaired) electrons. The molecule has 0 N–H and O–H groups in total. The first-order valence-corrected chi connectivity index (χ1v) is 18.4.